The Morgan fingerprint density at radius 3 is 2.61 bits per heavy atom. The first-order chi connectivity index (χ1) is 13.3. The first-order valence-electron chi connectivity index (χ1n) is 8.59. The number of carbonyl (C=O) groups is 1. The van der Waals surface area contributed by atoms with Gasteiger partial charge in [0.2, 0.25) is 0 Å². The van der Waals surface area contributed by atoms with E-state index in [2.05, 4.69) is 5.32 Å². The molecule has 0 spiro atoms. The fourth-order valence-electron chi connectivity index (χ4n) is 3.31. The number of hydrogen-bond acceptors (Lipinski definition) is 7. The maximum absolute atomic E-state index is 12.1. The van der Waals surface area contributed by atoms with E-state index in [4.69, 9.17) is 9.15 Å². The Labute approximate surface area is 159 Å². The van der Waals surface area contributed by atoms with Crippen LogP contribution >= 0.6 is 0 Å². The van der Waals surface area contributed by atoms with Crippen molar-refractivity contribution in [3.8, 4) is 5.75 Å². The molecule has 2 atom stereocenters. The third-order valence-electron chi connectivity index (χ3n) is 4.63. The maximum Gasteiger partial charge on any atom is 0.344 e. The normalized spacial score (nSPS) is 21.0. The van der Waals surface area contributed by atoms with Gasteiger partial charge in [-0.3, -0.25) is 4.79 Å². The molecule has 0 radical (unpaired) electrons. The summed E-state index contributed by atoms with van der Waals surface area (Å²) in [5.74, 6) is -0.896. The van der Waals surface area contributed by atoms with E-state index in [1.54, 1.807) is 24.3 Å². The van der Waals surface area contributed by atoms with E-state index in [-0.39, 0.29) is 18.1 Å². The minimum absolute atomic E-state index is 0.298. The fraction of sp³-hybridized carbons (Fsp3) is 0.263. The van der Waals surface area contributed by atoms with E-state index in [0.717, 1.165) is 10.8 Å². The number of fused-ring (bicyclic) bond motifs is 3. The Balaban J connectivity index is 1.49. The van der Waals surface area contributed by atoms with Gasteiger partial charge < -0.3 is 19.6 Å². The molecule has 28 heavy (non-hydrogen) atoms. The number of benzene rings is 2. The van der Waals surface area contributed by atoms with Gasteiger partial charge in [-0.25, -0.2) is 13.2 Å². The zero-order valence-corrected chi connectivity index (χ0v) is 15.4. The summed E-state index contributed by atoms with van der Waals surface area (Å²) in [7, 11) is -3.35. The van der Waals surface area contributed by atoms with Crippen LogP contribution in [0.15, 0.2) is 51.7 Å². The molecule has 1 fully saturated rings. The van der Waals surface area contributed by atoms with Crippen LogP contribution in [0.4, 0.5) is 0 Å². The van der Waals surface area contributed by atoms with E-state index in [1.165, 1.54) is 6.07 Å². The van der Waals surface area contributed by atoms with Crippen molar-refractivity contribution < 1.29 is 27.5 Å². The molecule has 3 aromatic rings. The average Bonchev–Trinajstić information content (AvgIpc) is 2.91. The molecule has 0 aliphatic carbocycles. The Bertz CT molecular complexity index is 1230. The van der Waals surface area contributed by atoms with E-state index in [0.29, 0.717) is 16.7 Å². The number of carbonyl (C=O) groups excluding carboxylic acids is 1. The number of aliphatic hydroxyl groups is 1. The van der Waals surface area contributed by atoms with E-state index < -0.39 is 33.5 Å². The molecule has 0 bridgehead atoms. The van der Waals surface area contributed by atoms with Gasteiger partial charge in [-0.05, 0) is 23.6 Å². The first-order valence-corrected chi connectivity index (χ1v) is 10.4. The van der Waals surface area contributed by atoms with E-state index in [1.807, 2.05) is 12.1 Å². The van der Waals surface area contributed by atoms with Crippen molar-refractivity contribution in [2.75, 3.05) is 18.1 Å². The van der Waals surface area contributed by atoms with Gasteiger partial charge in [-0.2, -0.15) is 0 Å². The predicted molar refractivity (Wildman–Crippen MR) is 102 cm³/mol. The van der Waals surface area contributed by atoms with Gasteiger partial charge in [-0.15, -0.1) is 0 Å². The predicted octanol–water partition coefficient (Wildman–Crippen LogP) is 0.599. The molecular weight excluding hydrogens is 386 g/mol. The van der Waals surface area contributed by atoms with Crippen LogP contribution < -0.4 is 15.7 Å². The van der Waals surface area contributed by atoms with Gasteiger partial charge in [0, 0.05) is 11.5 Å². The van der Waals surface area contributed by atoms with Crippen LogP contribution in [0, 0.1) is 0 Å². The summed E-state index contributed by atoms with van der Waals surface area (Å²) in [6.07, 6.45) is -1.13. The molecule has 1 aromatic heterocycles. The topological polar surface area (TPSA) is 123 Å². The van der Waals surface area contributed by atoms with E-state index >= 15 is 0 Å². The van der Waals surface area contributed by atoms with Crippen molar-refractivity contribution in [3.05, 3.63) is 52.9 Å². The number of amides is 1. The lowest BCUT2D eigenvalue weighted by Gasteiger charge is -2.15. The van der Waals surface area contributed by atoms with Gasteiger partial charge >= 0.3 is 5.63 Å². The minimum Gasteiger partial charge on any atom is -0.484 e. The number of aliphatic hydroxyl groups excluding tert-OH is 1. The van der Waals surface area contributed by atoms with Gasteiger partial charge in [0.15, 0.2) is 16.4 Å². The van der Waals surface area contributed by atoms with Gasteiger partial charge in [0.05, 0.1) is 29.0 Å². The standard InChI is InChI=1S/C19H17NO7S/c21-16-10-28(24,25)9-15(16)20-18(22)8-26-11-5-6-13-12-3-1-2-4-14(12)19(23)27-17(13)7-11/h1-7,15-16,21H,8-10H2,(H,20,22)/t15-,16-/m1/s1. The van der Waals surface area contributed by atoms with Gasteiger partial charge in [-0.1, -0.05) is 18.2 Å². The summed E-state index contributed by atoms with van der Waals surface area (Å²) in [6.45, 7) is -0.368. The molecule has 146 valence electrons. The molecule has 1 aliphatic heterocycles. The Kier molecular flexibility index (Phi) is 4.56. The highest BCUT2D eigenvalue weighted by Crippen LogP contribution is 2.26. The molecule has 1 aliphatic rings. The van der Waals surface area contributed by atoms with Crippen LogP contribution in [0.2, 0.25) is 0 Å². The number of hydrogen-bond donors (Lipinski definition) is 2. The summed E-state index contributed by atoms with van der Waals surface area (Å²) >= 11 is 0. The minimum atomic E-state index is -3.35. The lowest BCUT2D eigenvalue weighted by Crippen LogP contribution is -2.44. The lowest BCUT2D eigenvalue weighted by molar-refractivity contribution is -0.124. The van der Waals surface area contributed by atoms with Crippen molar-refractivity contribution >= 4 is 37.5 Å². The molecule has 2 heterocycles. The molecular formula is C19H17NO7S. The van der Waals surface area contributed by atoms with Crippen molar-refractivity contribution in [2.24, 2.45) is 0 Å². The molecule has 4 rings (SSSR count). The first kappa shape index (κ1) is 18.5. The van der Waals surface area contributed by atoms with Gasteiger partial charge in [0.1, 0.15) is 11.3 Å². The highest BCUT2D eigenvalue weighted by atomic mass is 32.2. The SMILES string of the molecule is O=C(COc1ccc2c(c1)oc(=O)c1ccccc12)N[C@@H]1CS(=O)(=O)C[C@H]1O. The smallest absolute Gasteiger partial charge is 0.344 e. The largest absolute Gasteiger partial charge is 0.484 e. The molecule has 0 unspecified atom stereocenters. The van der Waals surface area contributed by atoms with Crippen LogP contribution in [0.25, 0.3) is 21.7 Å². The van der Waals surface area contributed by atoms with Crippen molar-refractivity contribution in [3.63, 3.8) is 0 Å². The van der Waals surface area contributed by atoms with Crippen molar-refractivity contribution in [1.82, 2.24) is 5.32 Å². The Morgan fingerprint density at radius 1 is 1.14 bits per heavy atom. The molecule has 2 N–H and O–H groups in total. The van der Waals surface area contributed by atoms with E-state index in [9.17, 15) is 23.1 Å². The quantitative estimate of drug-likeness (QED) is 0.483. The Hall–Kier alpha value is -2.91. The third-order valence-corrected chi connectivity index (χ3v) is 6.35. The summed E-state index contributed by atoms with van der Waals surface area (Å²) in [5.41, 5.74) is -0.131. The highest BCUT2D eigenvalue weighted by molar-refractivity contribution is 7.91. The van der Waals surface area contributed by atoms with Crippen LogP contribution in [0.1, 0.15) is 0 Å². The summed E-state index contributed by atoms with van der Waals surface area (Å²) in [4.78, 5) is 24.1. The fourth-order valence-corrected chi connectivity index (χ4v) is 5.06. The average molecular weight is 403 g/mol. The maximum atomic E-state index is 12.1. The van der Waals surface area contributed by atoms with Crippen LogP contribution in [0.3, 0.4) is 0 Å². The second kappa shape index (κ2) is 6.92. The third kappa shape index (κ3) is 3.58. The number of nitrogens with one attached hydrogen (secondary N) is 1. The Morgan fingerprint density at radius 2 is 1.89 bits per heavy atom. The molecule has 9 heteroatoms. The second-order valence-corrected chi connectivity index (χ2v) is 8.85. The zero-order chi connectivity index (χ0) is 19.9. The van der Waals surface area contributed by atoms with Gasteiger partial charge in [0.25, 0.3) is 5.91 Å². The number of rotatable bonds is 4. The molecule has 1 amide bonds. The van der Waals surface area contributed by atoms with Crippen LogP contribution in [-0.2, 0) is 14.6 Å². The number of sulfone groups is 1. The molecule has 8 nitrogen and oxygen atoms in total. The highest BCUT2D eigenvalue weighted by Gasteiger charge is 2.37. The summed E-state index contributed by atoms with van der Waals surface area (Å²) in [6, 6.07) is 11.2. The lowest BCUT2D eigenvalue weighted by atomic mass is 10.1. The molecule has 2 aromatic carbocycles. The number of ether oxygens (including phenoxy) is 1. The second-order valence-electron chi connectivity index (χ2n) is 6.70. The zero-order valence-electron chi connectivity index (χ0n) is 14.6. The van der Waals surface area contributed by atoms with Crippen molar-refractivity contribution in [2.45, 2.75) is 12.1 Å². The summed E-state index contributed by atoms with van der Waals surface area (Å²) < 4.78 is 33.7. The van der Waals surface area contributed by atoms with Crippen LogP contribution in [0.5, 0.6) is 5.75 Å². The monoisotopic (exact) mass is 403 g/mol. The van der Waals surface area contributed by atoms with Crippen LogP contribution in [-0.4, -0.2) is 49.7 Å². The molecule has 0 saturated carbocycles. The molecule has 1 saturated heterocycles. The summed E-state index contributed by atoms with van der Waals surface area (Å²) in [5, 5.41) is 14.2. The van der Waals surface area contributed by atoms with Crippen molar-refractivity contribution in [1.29, 1.82) is 0 Å².